The second-order valence-electron chi connectivity index (χ2n) is 15.3. The third kappa shape index (κ3) is 9.27. The molecule has 0 aliphatic carbocycles. The molecule has 0 saturated carbocycles. The highest BCUT2D eigenvalue weighted by atomic mass is 35.5. The Balaban J connectivity index is 0.00000567. The van der Waals surface area contributed by atoms with Gasteiger partial charge in [-0.1, -0.05) is 68.3 Å². The number of aromatic nitrogens is 3. The fourth-order valence-electron chi connectivity index (χ4n) is 8.03. The zero-order valence-electron chi connectivity index (χ0n) is 33.1. The molecule has 0 spiro atoms. The van der Waals surface area contributed by atoms with Gasteiger partial charge in [0.1, 0.15) is 28.7 Å². The summed E-state index contributed by atoms with van der Waals surface area (Å²) in [6, 6.07) is 11.8. The third-order valence-electron chi connectivity index (χ3n) is 11.2. The molecule has 1 fully saturated rings. The predicted octanol–water partition coefficient (Wildman–Crippen LogP) is 8.48. The molecule has 2 N–H and O–H groups in total. The number of piperidine rings is 1. The van der Waals surface area contributed by atoms with Gasteiger partial charge >= 0.3 is 0 Å². The van der Waals surface area contributed by atoms with Crippen LogP contribution in [0.4, 0.5) is 5.69 Å². The smallest absolute Gasteiger partial charge is 0.255 e. The lowest BCUT2D eigenvalue weighted by Crippen LogP contribution is -2.52. The first-order chi connectivity index (χ1) is 27.5. The average Bonchev–Trinajstić information content (AvgIpc) is 3.80. The molecule has 0 bridgehead atoms. The zero-order valence-corrected chi connectivity index (χ0v) is 35.5. The number of imide groups is 1. The number of aliphatic imine (C=N–C) groups is 1. The number of carbonyl (C=O) groups excluding carboxylic acids is 5. The number of Topliss-reactive ketones (excluding diaryl/α,β-unsaturated/α-hetero) is 1. The third-order valence-corrected chi connectivity index (χ3v) is 12.7. The Morgan fingerprint density at radius 2 is 1.60 bits per heavy atom. The molecule has 4 aromatic rings. The highest BCUT2D eigenvalue weighted by molar-refractivity contribution is 7.15. The van der Waals surface area contributed by atoms with Crippen molar-refractivity contribution in [3.63, 3.8) is 0 Å². The molecule has 12 nitrogen and oxygen atoms in total. The number of rotatable bonds is 16. The number of hydrogen-bond acceptors (Lipinski definition) is 9. The molecule has 306 valence electrons. The number of aryl methyl sites for hydroxylation is 2. The van der Waals surface area contributed by atoms with Crippen molar-refractivity contribution in [3.8, 4) is 5.00 Å². The van der Waals surface area contributed by atoms with E-state index in [2.05, 4.69) is 39.2 Å². The number of carbonyl (C=O) groups is 5. The molecule has 4 amide bonds. The summed E-state index contributed by atoms with van der Waals surface area (Å²) in [6.45, 7) is 6.39. The number of amides is 4. The van der Waals surface area contributed by atoms with Gasteiger partial charge in [0.25, 0.3) is 5.91 Å². The number of thiophene rings is 1. The first-order valence-electron chi connectivity index (χ1n) is 19.9. The topological polar surface area (TPSA) is 156 Å². The monoisotopic (exact) mass is 845 g/mol. The van der Waals surface area contributed by atoms with Crippen molar-refractivity contribution in [3.05, 3.63) is 91.8 Å². The molecular formula is C43H49Cl2N7O5S. The molecule has 3 aliphatic heterocycles. The average molecular weight is 847 g/mol. The van der Waals surface area contributed by atoms with Crippen LogP contribution in [0.1, 0.15) is 139 Å². The van der Waals surface area contributed by atoms with Crippen LogP contribution in [0.25, 0.3) is 5.00 Å². The van der Waals surface area contributed by atoms with Gasteiger partial charge in [0.15, 0.2) is 5.82 Å². The number of nitrogens with one attached hydrogen (secondary N) is 2. The molecule has 1 saturated heterocycles. The quantitative estimate of drug-likeness (QED) is 0.0847. The van der Waals surface area contributed by atoms with Gasteiger partial charge in [0.2, 0.25) is 17.7 Å². The molecular weight excluding hydrogens is 797 g/mol. The Morgan fingerprint density at radius 3 is 2.31 bits per heavy atom. The van der Waals surface area contributed by atoms with Crippen LogP contribution in [-0.4, -0.2) is 60.8 Å². The Bertz CT molecular complexity index is 2250. The zero-order chi connectivity index (χ0) is 40.2. The van der Waals surface area contributed by atoms with Crippen molar-refractivity contribution in [1.82, 2.24) is 25.0 Å². The van der Waals surface area contributed by atoms with Crippen molar-refractivity contribution in [2.45, 2.75) is 123 Å². The van der Waals surface area contributed by atoms with E-state index in [1.54, 1.807) is 29.5 Å². The van der Waals surface area contributed by atoms with Crippen molar-refractivity contribution in [1.29, 1.82) is 0 Å². The normalized spacial score (nSPS) is 17.1. The van der Waals surface area contributed by atoms with Crippen LogP contribution in [0.15, 0.2) is 47.5 Å². The van der Waals surface area contributed by atoms with E-state index < -0.39 is 18.0 Å². The van der Waals surface area contributed by atoms with Crippen LogP contribution in [0.5, 0.6) is 0 Å². The van der Waals surface area contributed by atoms with E-state index >= 15 is 0 Å². The van der Waals surface area contributed by atoms with Crippen LogP contribution in [-0.2, 0) is 25.7 Å². The molecule has 58 heavy (non-hydrogen) atoms. The molecule has 7 rings (SSSR count). The van der Waals surface area contributed by atoms with E-state index in [9.17, 15) is 24.0 Å². The summed E-state index contributed by atoms with van der Waals surface area (Å²) in [7, 11) is 0. The fraction of sp³-hybridized carbons (Fsp3) is 0.442. The predicted molar refractivity (Wildman–Crippen MR) is 227 cm³/mol. The van der Waals surface area contributed by atoms with Crippen molar-refractivity contribution in [2.75, 3.05) is 5.32 Å². The summed E-state index contributed by atoms with van der Waals surface area (Å²) in [5.74, 6) is 0.485. The summed E-state index contributed by atoms with van der Waals surface area (Å²) in [5, 5.41) is 15.9. The lowest BCUT2D eigenvalue weighted by molar-refractivity contribution is -0.137. The van der Waals surface area contributed by atoms with Crippen molar-refractivity contribution in [2.24, 2.45) is 4.99 Å². The van der Waals surface area contributed by atoms with Gasteiger partial charge in [-0.25, -0.2) is 0 Å². The van der Waals surface area contributed by atoms with E-state index in [-0.39, 0.29) is 55.3 Å². The minimum Gasteiger partial charge on any atom is -0.326 e. The maximum Gasteiger partial charge on any atom is 0.255 e. The van der Waals surface area contributed by atoms with Gasteiger partial charge < -0.3 is 10.2 Å². The largest absolute Gasteiger partial charge is 0.326 e. The van der Waals surface area contributed by atoms with Crippen LogP contribution in [0, 0.1) is 20.8 Å². The number of ketones is 1. The Hall–Kier alpha value is -4.72. The summed E-state index contributed by atoms with van der Waals surface area (Å²) < 4.78 is 2.08. The standard InChI is InChI=1S/C43H48ClN7O5S.ClH/c1-25-26(2)57-43-38(25)39(28-17-19-29(44)20-18-28)46-34(40-49-48-27(3)51(40)43)23-30(52)13-10-8-6-4-5-7-9-11-16-36(53)45-33-15-12-14-31-32(33)24-50(42(31)56)35-21-22-37(54)47-41(35)55;/h12,14-15,17-20,34-35H,4-11,13,16,21-24H2,1-3H3,(H,45,53)(H,47,54,55);1H/t34-,35?;/m0./s1. The number of hydrogen-bond donors (Lipinski definition) is 2. The fourth-order valence-corrected chi connectivity index (χ4v) is 9.37. The molecule has 3 aliphatic rings. The molecule has 5 heterocycles. The van der Waals surface area contributed by atoms with Crippen molar-refractivity contribution >= 4 is 76.2 Å². The van der Waals surface area contributed by atoms with E-state index in [4.69, 9.17) is 16.6 Å². The van der Waals surface area contributed by atoms with Crippen LogP contribution >= 0.6 is 35.3 Å². The van der Waals surface area contributed by atoms with Gasteiger partial charge in [0.05, 0.1) is 5.71 Å². The maximum atomic E-state index is 13.4. The SMILES string of the molecule is Cc1sc2c(c1C)C(c1ccc(Cl)cc1)=N[C@@H](CC(=O)CCCCCCCCCCC(=O)Nc1cccc3c1CN(C1CCC(=O)NC1=O)C3=O)c1nnc(C)n1-2.Cl. The summed E-state index contributed by atoms with van der Waals surface area (Å²) in [6.07, 6.45) is 9.37. The molecule has 0 radical (unpaired) electrons. The van der Waals surface area contributed by atoms with E-state index in [1.807, 2.05) is 31.2 Å². The van der Waals surface area contributed by atoms with E-state index in [0.29, 0.717) is 46.9 Å². The number of fused-ring (bicyclic) bond motifs is 4. The minimum absolute atomic E-state index is 0. The van der Waals surface area contributed by atoms with Gasteiger partial charge in [-0.2, -0.15) is 0 Å². The van der Waals surface area contributed by atoms with Crippen LogP contribution < -0.4 is 10.6 Å². The first-order valence-corrected chi connectivity index (χ1v) is 21.1. The molecule has 1 unspecified atom stereocenters. The second-order valence-corrected chi connectivity index (χ2v) is 16.9. The summed E-state index contributed by atoms with van der Waals surface area (Å²) in [5.41, 5.74) is 5.78. The Morgan fingerprint density at radius 1 is 0.914 bits per heavy atom. The maximum absolute atomic E-state index is 13.4. The second kappa shape index (κ2) is 18.9. The number of unbranched alkanes of at least 4 members (excludes halogenated alkanes) is 7. The molecule has 2 aromatic carbocycles. The minimum atomic E-state index is -0.699. The van der Waals surface area contributed by atoms with E-state index in [0.717, 1.165) is 84.6 Å². The Labute approximate surface area is 353 Å². The number of nitrogens with zero attached hydrogens (tertiary/aromatic N) is 5. The molecule has 2 aromatic heterocycles. The highest BCUT2D eigenvalue weighted by Gasteiger charge is 2.40. The van der Waals surface area contributed by atoms with Gasteiger partial charge in [-0.3, -0.25) is 38.8 Å². The van der Waals surface area contributed by atoms with E-state index in [1.165, 1.54) is 9.78 Å². The van der Waals surface area contributed by atoms with Crippen LogP contribution in [0.3, 0.4) is 0 Å². The van der Waals surface area contributed by atoms with Crippen molar-refractivity contribution < 1.29 is 24.0 Å². The lowest BCUT2D eigenvalue weighted by Gasteiger charge is -2.29. The van der Waals surface area contributed by atoms with Crippen LogP contribution in [0.2, 0.25) is 5.02 Å². The van der Waals surface area contributed by atoms with Gasteiger partial charge in [0, 0.05) is 70.1 Å². The highest BCUT2D eigenvalue weighted by Crippen LogP contribution is 2.40. The van der Waals surface area contributed by atoms with Gasteiger partial charge in [-0.15, -0.1) is 33.9 Å². The Kier molecular flexibility index (Phi) is 14.0. The number of benzene rings is 2. The first kappa shape index (κ1) is 42.9. The number of halogens is 2. The molecule has 15 heteroatoms. The summed E-state index contributed by atoms with van der Waals surface area (Å²) in [4.78, 5) is 71.2. The number of anilines is 1. The summed E-state index contributed by atoms with van der Waals surface area (Å²) >= 11 is 7.93. The lowest BCUT2D eigenvalue weighted by atomic mass is 9.99. The molecule has 2 atom stereocenters. The van der Waals surface area contributed by atoms with Gasteiger partial charge in [-0.05, 0) is 69.9 Å².